The predicted molar refractivity (Wildman–Crippen MR) is 91.7 cm³/mol. The van der Waals surface area contributed by atoms with Gasteiger partial charge in [-0.1, -0.05) is 6.92 Å². The second-order valence-corrected chi connectivity index (χ2v) is 6.90. The molecule has 0 radical (unpaired) electrons. The minimum absolute atomic E-state index is 0.0658. The van der Waals surface area contributed by atoms with Crippen LogP contribution < -0.4 is 5.32 Å². The van der Waals surface area contributed by atoms with Crippen LogP contribution in [0.15, 0.2) is 12.1 Å². The lowest BCUT2D eigenvalue weighted by Crippen LogP contribution is -2.45. The molecule has 0 saturated carbocycles. The molecule has 2 heterocycles. The fourth-order valence-corrected chi connectivity index (χ4v) is 4.24. The molecule has 2 aliphatic rings. The Bertz CT molecular complexity index is 680. The molecular formula is C19H25N3O2. The van der Waals surface area contributed by atoms with Gasteiger partial charge < -0.3 is 15.3 Å². The number of aryl methyl sites for hydroxylation is 2. The highest BCUT2D eigenvalue weighted by Gasteiger charge is 2.38. The highest BCUT2D eigenvalue weighted by molar-refractivity contribution is 5.83. The van der Waals surface area contributed by atoms with Crippen molar-refractivity contribution in [3.63, 3.8) is 0 Å². The van der Waals surface area contributed by atoms with Gasteiger partial charge in [0.25, 0.3) is 0 Å². The number of aromatic hydroxyl groups is 1. The van der Waals surface area contributed by atoms with E-state index in [0.717, 1.165) is 43.4 Å². The van der Waals surface area contributed by atoms with Crippen molar-refractivity contribution in [2.75, 3.05) is 13.1 Å². The van der Waals surface area contributed by atoms with Gasteiger partial charge in [0, 0.05) is 13.1 Å². The summed E-state index contributed by atoms with van der Waals surface area (Å²) in [7, 11) is 0. The molecule has 1 amide bonds. The first-order valence-electron chi connectivity index (χ1n) is 8.81. The van der Waals surface area contributed by atoms with E-state index in [-0.39, 0.29) is 23.9 Å². The highest BCUT2D eigenvalue weighted by atomic mass is 16.3. The Balaban J connectivity index is 1.77. The lowest BCUT2D eigenvalue weighted by Gasteiger charge is -2.23. The molecule has 1 aromatic rings. The number of phenolic OH excluding ortho intramolecular Hbond substituents is 1. The van der Waals surface area contributed by atoms with Crippen molar-refractivity contribution in [1.82, 2.24) is 10.2 Å². The molecular weight excluding hydrogens is 302 g/mol. The second kappa shape index (κ2) is 6.82. The smallest absolute Gasteiger partial charge is 0.240 e. The van der Waals surface area contributed by atoms with Crippen molar-refractivity contribution in [2.45, 2.75) is 57.5 Å². The third-order valence-corrected chi connectivity index (χ3v) is 5.36. The van der Waals surface area contributed by atoms with Crippen LogP contribution in [0.25, 0.3) is 0 Å². The molecule has 2 saturated heterocycles. The molecule has 2 fully saturated rings. The maximum atomic E-state index is 12.8. The first-order chi connectivity index (χ1) is 11.5. The van der Waals surface area contributed by atoms with Crippen molar-refractivity contribution in [3.8, 4) is 11.8 Å². The Hall–Kier alpha value is -2.06. The number of carbonyl (C=O) groups is 1. The SMILES string of the molecule is CCc1cc(O)cc(C)c1[C@@H]1CN[C@H](C(=O)N2CCC[C@H]2C#N)C1. The van der Waals surface area contributed by atoms with Gasteiger partial charge in [0.05, 0.1) is 12.1 Å². The van der Waals surface area contributed by atoms with Gasteiger partial charge in [0.2, 0.25) is 5.91 Å². The Morgan fingerprint density at radius 3 is 3.00 bits per heavy atom. The summed E-state index contributed by atoms with van der Waals surface area (Å²) in [6.45, 7) is 5.57. The molecule has 0 aliphatic carbocycles. The number of nitriles is 1. The van der Waals surface area contributed by atoms with Gasteiger partial charge in [-0.05, 0) is 67.3 Å². The first-order valence-corrected chi connectivity index (χ1v) is 8.81. The standard InChI is InChI=1S/C19H25N3O2/c1-3-13-8-16(23)7-12(2)18(13)14-9-17(21-11-14)19(24)22-6-4-5-15(22)10-20/h7-8,14-15,17,21,23H,3-6,9,11H2,1-2H3/t14-,15-,17-/m0/s1. The summed E-state index contributed by atoms with van der Waals surface area (Å²) >= 11 is 0. The number of hydrogen-bond acceptors (Lipinski definition) is 4. The summed E-state index contributed by atoms with van der Waals surface area (Å²) in [5.41, 5.74) is 3.50. The number of nitrogens with one attached hydrogen (secondary N) is 1. The average molecular weight is 327 g/mol. The predicted octanol–water partition coefficient (Wildman–Crippen LogP) is 2.22. The zero-order chi connectivity index (χ0) is 17.3. The summed E-state index contributed by atoms with van der Waals surface area (Å²) in [5, 5.41) is 22.4. The van der Waals surface area contributed by atoms with Crippen molar-refractivity contribution < 1.29 is 9.90 Å². The molecule has 5 nitrogen and oxygen atoms in total. The van der Waals surface area contributed by atoms with E-state index in [1.165, 1.54) is 5.56 Å². The first kappa shape index (κ1) is 16.8. The van der Waals surface area contributed by atoms with Crippen LogP contribution >= 0.6 is 0 Å². The zero-order valence-electron chi connectivity index (χ0n) is 14.4. The number of rotatable bonds is 3. The largest absolute Gasteiger partial charge is 0.508 e. The third-order valence-electron chi connectivity index (χ3n) is 5.36. The number of benzene rings is 1. The van der Waals surface area contributed by atoms with Crippen LogP contribution in [0.4, 0.5) is 0 Å². The summed E-state index contributed by atoms with van der Waals surface area (Å²) in [6, 6.07) is 5.41. The minimum atomic E-state index is -0.264. The Kier molecular flexibility index (Phi) is 4.77. The molecule has 3 rings (SSSR count). The lowest BCUT2D eigenvalue weighted by molar-refractivity contribution is -0.133. The van der Waals surface area contributed by atoms with Crippen LogP contribution in [0.3, 0.4) is 0 Å². The van der Waals surface area contributed by atoms with Gasteiger partial charge in [-0.25, -0.2) is 0 Å². The van der Waals surface area contributed by atoms with Crippen LogP contribution in [0.2, 0.25) is 0 Å². The zero-order valence-corrected chi connectivity index (χ0v) is 14.4. The Morgan fingerprint density at radius 1 is 1.50 bits per heavy atom. The molecule has 3 atom stereocenters. The number of likely N-dealkylation sites (tertiary alicyclic amines) is 1. The normalized spacial score (nSPS) is 26.5. The van der Waals surface area contributed by atoms with Crippen molar-refractivity contribution in [2.24, 2.45) is 0 Å². The van der Waals surface area contributed by atoms with Gasteiger partial charge in [-0.3, -0.25) is 4.79 Å². The van der Waals surface area contributed by atoms with Crippen LogP contribution in [-0.2, 0) is 11.2 Å². The maximum absolute atomic E-state index is 12.8. The average Bonchev–Trinajstić information content (AvgIpc) is 3.22. The highest BCUT2D eigenvalue weighted by Crippen LogP contribution is 2.34. The molecule has 2 aliphatic heterocycles. The second-order valence-electron chi connectivity index (χ2n) is 6.90. The molecule has 0 spiro atoms. The number of nitrogens with zero attached hydrogens (tertiary/aromatic N) is 2. The number of carbonyl (C=O) groups excluding carboxylic acids is 1. The van der Waals surface area contributed by atoms with E-state index >= 15 is 0 Å². The fraction of sp³-hybridized carbons (Fsp3) is 0.579. The third kappa shape index (κ3) is 2.99. The summed E-state index contributed by atoms with van der Waals surface area (Å²) in [4.78, 5) is 14.5. The van der Waals surface area contributed by atoms with Gasteiger partial charge >= 0.3 is 0 Å². The van der Waals surface area contributed by atoms with Crippen molar-refractivity contribution in [1.29, 1.82) is 5.26 Å². The van der Waals surface area contributed by atoms with Crippen LogP contribution in [0.5, 0.6) is 5.75 Å². The number of hydrogen-bond donors (Lipinski definition) is 2. The van der Waals surface area contributed by atoms with Gasteiger partial charge in [-0.2, -0.15) is 5.26 Å². The quantitative estimate of drug-likeness (QED) is 0.892. The topological polar surface area (TPSA) is 76.4 Å². The molecule has 2 N–H and O–H groups in total. The maximum Gasteiger partial charge on any atom is 0.240 e. The molecule has 24 heavy (non-hydrogen) atoms. The monoisotopic (exact) mass is 327 g/mol. The van der Waals surface area contributed by atoms with E-state index in [1.807, 2.05) is 13.0 Å². The fourth-order valence-electron chi connectivity index (χ4n) is 4.24. The summed E-state index contributed by atoms with van der Waals surface area (Å²) < 4.78 is 0. The van der Waals surface area contributed by atoms with Crippen LogP contribution in [0, 0.1) is 18.3 Å². The van der Waals surface area contributed by atoms with E-state index in [2.05, 4.69) is 18.3 Å². The summed E-state index contributed by atoms with van der Waals surface area (Å²) in [6.07, 6.45) is 3.32. The Morgan fingerprint density at radius 2 is 2.29 bits per heavy atom. The van der Waals surface area contributed by atoms with E-state index < -0.39 is 0 Å². The van der Waals surface area contributed by atoms with Crippen LogP contribution in [0.1, 0.15) is 48.8 Å². The van der Waals surface area contributed by atoms with Crippen LogP contribution in [-0.4, -0.2) is 41.1 Å². The number of phenols is 1. The van der Waals surface area contributed by atoms with Gasteiger partial charge in [0.1, 0.15) is 11.8 Å². The van der Waals surface area contributed by atoms with E-state index in [4.69, 9.17) is 0 Å². The number of amides is 1. The molecule has 0 aromatic heterocycles. The molecule has 1 aromatic carbocycles. The Labute approximate surface area is 143 Å². The van der Waals surface area contributed by atoms with Gasteiger partial charge in [0.15, 0.2) is 0 Å². The van der Waals surface area contributed by atoms with Crippen molar-refractivity contribution >= 4 is 5.91 Å². The lowest BCUT2D eigenvalue weighted by atomic mass is 9.87. The molecule has 0 unspecified atom stereocenters. The molecule has 128 valence electrons. The van der Waals surface area contributed by atoms with Gasteiger partial charge in [-0.15, -0.1) is 0 Å². The molecule has 0 bridgehead atoms. The van der Waals surface area contributed by atoms with E-state index in [0.29, 0.717) is 12.3 Å². The van der Waals surface area contributed by atoms with E-state index in [1.54, 1.807) is 11.0 Å². The van der Waals surface area contributed by atoms with Crippen molar-refractivity contribution in [3.05, 3.63) is 28.8 Å². The minimum Gasteiger partial charge on any atom is -0.508 e. The molecule has 5 heteroatoms. The summed E-state index contributed by atoms with van der Waals surface area (Å²) in [5.74, 6) is 0.647. The van der Waals surface area contributed by atoms with E-state index in [9.17, 15) is 15.2 Å².